The molecule has 1 atom stereocenters. The van der Waals surface area contributed by atoms with E-state index >= 15 is 0 Å². The number of allylic oxidation sites excluding steroid dienone is 1. The molecule has 1 fully saturated rings. The zero-order valence-electron chi connectivity index (χ0n) is 11.4. The molecule has 0 saturated heterocycles. The molecule has 2 aliphatic rings. The molecule has 1 aromatic carbocycles. The molecule has 0 bridgehead atoms. The van der Waals surface area contributed by atoms with E-state index in [4.69, 9.17) is 2.51 Å². The molecule has 1 unspecified atom stereocenters. The third kappa shape index (κ3) is 2.58. The fourth-order valence-electron chi connectivity index (χ4n) is 3.23. The Balaban J connectivity index is 2.19. The van der Waals surface area contributed by atoms with Gasteiger partial charge in [-0.1, -0.05) is 31.0 Å². The van der Waals surface area contributed by atoms with Crippen molar-refractivity contribution < 1.29 is 43.6 Å². The Morgan fingerprint density at radius 3 is 2.36 bits per heavy atom. The van der Waals surface area contributed by atoms with Crippen molar-refractivity contribution in [3.05, 3.63) is 34.7 Å². The topological polar surface area (TPSA) is 55.3 Å². The predicted molar refractivity (Wildman–Crippen MR) is 69.4 cm³/mol. The van der Waals surface area contributed by atoms with E-state index in [9.17, 15) is 20.0 Å². The summed E-state index contributed by atoms with van der Waals surface area (Å²) in [6, 6.07) is 6.08. The lowest BCUT2D eigenvalue weighted by atomic mass is 10.1. The fraction of sp³-hybridized carbons (Fsp3) is 0.429. The van der Waals surface area contributed by atoms with Crippen molar-refractivity contribution >= 4 is 16.4 Å². The highest BCUT2D eigenvalue weighted by molar-refractivity contribution is 8.34. The van der Waals surface area contributed by atoms with E-state index in [0.717, 1.165) is 12.8 Å². The number of rotatable bonds is 3. The van der Waals surface area contributed by atoms with Crippen LogP contribution in [0.1, 0.15) is 31.2 Å². The summed E-state index contributed by atoms with van der Waals surface area (Å²) in [4.78, 5) is 0.103. The third-order valence-corrected chi connectivity index (χ3v) is 9.64. The van der Waals surface area contributed by atoms with Gasteiger partial charge in [-0.25, -0.2) is 0 Å². The molecule has 3 nitrogen and oxygen atoms in total. The Morgan fingerprint density at radius 1 is 1.14 bits per heavy atom. The molecule has 1 aliphatic carbocycles. The first-order valence-corrected chi connectivity index (χ1v) is 11.0. The van der Waals surface area contributed by atoms with Gasteiger partial charge in [-0.3, -0.25) is 0 Å². The second-order valence-electron chi connectivity index (χ2n) is 5.32. The maximum atomic E-state index is 14.0. The van der Waals surface area contributed by atoms with E-state index in [1.807, 2.05) is 0 Å². The molecule has 8 heteroatoms. The summed E-state index contributed by atoms with van der Waals surface area (Å²) >= 11 is -4.53. The van der Waals surface area contributed by atoms with Crippen molar-refractivity contribution in [2.45, 2.75) is 36.1 Å². The van der Waals surface area contributed by atoms with Crippen LogP contribution in [0, 0.1) is 5.92 Å². The summed E-state index contributed by atoms with van der Waals surface area (Å²) in [6.45, 7) is 0. The number of alkyl halides is 3. The molecule has 1 heterocycles. The highest BCUT2D eigenvalue weighted by atomic mass is 127. The van der Waals surface area contributed by atoms with Gasteiger partial charge in [-0.2, -0.15) is 13.2 Å². The second kappa shape index (κ2) is 5.97. The Kier molecular flexibility index (Phi) is 4.49. The molecule has 22 heavy (non-hydrogen) atoms. The first kappa shape index (κ1) is 16.6. The summed E-state index contributed by atoms with van der Waals surface area (Å²) in [5, 5.41) is 0. The first-order valence-electron chi connectivity index (χ1n) is 6.82. The van der Waals surface area contributed by atoms with Crippen LogP contribution in [0.2, 0.25) is 0 Å². The van der Waals surface area contributed by atoms with E-state index in [1.165, 1.54) is 18.2 Å². The quantitative estimate of drug-likeness (QED) is 0.612. The summed E-state index contributed by atoms with van der Waals surface area (Å²) in [7, 11) is -3.95. The van der Waals surface area contributed by atoms with Gasteiger partial charge in [0, 0.05) is 12.3 Å². The second-order valence-corrected chi connectivity index (χ2v) is 10.1. The minimum absolute atomic E-state index is 0.0293. The smallest absolute Gasteiger partial charge is 0.395 e. The monoisotopic (exact) mass is 446 g/mol. The molecule has 0 aromatic heterocycles. The molecule has 0 amide bonds. The number of hydrogen-bond donors (Lipinski definition) is 0. The molecular formula is C14H14F3IO3S. The lowest BCUT2D eigenvalue weighted by Gasteiger charge is -2.35. The van der Waals surface area contributed by atoms with Gasteiger partial charge < -0.3 is 6.87 Å². The van der Waals surface area contributed by atoms with Crippen molar-refractivity contribution in [1.82, 2.24) is 0 Å². The van der Waals surface area contributed by atoms with Crippen LogP contribution in [-0.4, -0.2) is 5.51 Å². The summed E-state index contributed by atoms with van der Waals surface area (Å²) in [6.07, 6.45) is 4.54. The van der Waals surface area contributed by atoms with Crippen LogP contribution in [0.5, 0.6) is 0 Å². The number of fused-ring (bicyclic) bond motifs is 1. The predicted octanol–water partition coefficient (Wildman–Crippen LogP) is -0.0635. The Labute approximate surface area is 136 Å². The normalized spacial score (nSPS) is 28.5. The largest absolute Gasteiger partial charge is 0.520 e. The summed E-state index contributed by atoms with van der Waals surface area (Å²) in [5.41, 5.74) is -4.31. The van der Waals surface area contributed by atoms with E-state index in [1.54, 1.807) is 12.1 Å². The third-order valence-electron chi connectivity index (χ3n) is 4.09. The van der Waals surface area contributed by atoms with E-state index < -0.39 is 36.9 Å². The van der Waals surface area contributed by atoms with Gasteiger partial charge in [0.1, 0.15) is 10.3 Å². The number of halogens is 4. The van der Waals surface area contributed by atoms with Crippen molar-refractivity contribution in [3.8, 4) is 0 Å². The highest BCUT2D eigenvalue weighted by Crippen LogP contribution is 2.77. The van der Waals surface area contributed by atoms with Crippen LogP contribution in [0.15, 0.2) is 34.1 Å². The zero-order valence-corrected chi connectivity index (χ0v) is 14.4. The molecule has 1 aromatic rings. The summed E-state index contributed by atoms with van der Waals surface area (Å²) in [5.74, 6) is -0.250. The van der Waals surface area contributed by atoms with Gasteiger partial charge in [0.15, 0.2) is 0 Å². The van der Waals surface area contributed by atoms with Crippen molar-refractivity contribution in [2.75, 3.05) is 0 Å². The van der Waals surface area contributed by atoms with Crippen LogP contribution >= 0.6 is 10.3 Å². The van der Waals surface area contributed by atoms with Crippen LogP contribution in [-0.2, 0) is 2.51 Å². The zero-order chi connectivity index (χ0) is 16.0. The van der Waals surface area contributed by atoms with Gasteiger partial charge in [0.05, 0.1) is 0 Å². The fourth-order valence-corrected chi connectivity index (χ4v) is 9.23. The van der Waals surface area contributed by atoms with Gasteiger partial charge in [-0.05, 0) is 36.5 Å². The minimum atomic E-state index is -4.74. The lowest BCUT2D eigenvalue weighted by Crippen LogP contribution is -3.98. The molecule has 122 valence electrons. The van der Waals surface area contributed by atoms with E-state index in [0.29, 0.717) is 18.4 Å². The van der Waals surface area contributed by atoms with Crippen LogP contribution < -0.4 is 27.9 Å². The maximum Gasteiger partial charge on any atom is 0.520 e. The first-order chi connectivity index (χ1) is 10.4. The molecule has 0 spiro atoms. The highest BCUT2D eigenvalue weighted by Gasteiger charge is 2.65. The van der Waals surface area contributed by atoms with Crippen molar-refractivity contribution in [1.29, 1.82) is 0 Å². The molecule has 1 saturated carbocycles. The standard InChI is InChI=1S/C14H14F3IO3S/c15-14(16,17)22(21-18(19)20)12-8-4-3-7-11(12)9-13(22)10-5-1-2-6-10/h3-4,7-10H,1-2,5-6H2. The van der Waals surface area contributed by atoms with Gasteiger partial charge in [0.25, 0.3) is 0 Å². The maximum absolute atomic E-state index is 14.0. The van der Waals surface area contributed by atoms with E-state index in [-0.39, 0.29) is 15.7 Å². The number of hydrogen-bond acceptors (Lipinski definition) is 3. The minimum Gasteiger partial charge on any atom is -0.395 e. The van der Waals surface area contributed by atoms with Crippen molar-refractivity contribution in [2.24, 2.45) is 5.92 Å². The molecule has 3 rings (SSSR count). The number of benzene rings is 1. The summed E-state index contributed by atoms with van der Waals surface area (Å²) < 4.78 is 69.0. The van der Waals surface area contributed by atoms with Crippen LogP contribution in [0.25, 0.3) is 6.08 Å². The Bertz CT molecular complexity index is 599. The average Bonchev–Trinajstić information content (AvgIpc) is 3.04. The molecule has 1 aliphatic heterocycles. The van der Waals surface area contributed by atoms with Gasteiger partial charge >= 0.3 is 26.6 Å². The lowest BCUT2D eigenvalue weighted by molar-refractivity contribution is -1.62. The van der Waals surface area contributed by atoms with Gasteiger partial charge in [-0.15, -0.1) is 0 Å². The van der Waals surface area contributed by atoms with Gasteiger partial charge in [0.2, 0.25) is 0 Å². The average molecular weight is 446 g/mol. The Hall–Kier alpha value is -0.290. The van der Waals surface area contributed by atoms with E-state index in [2.05, 4.69) is 0 Å². The molecule has 0 N–H and O–H groups in total. The molecular weight excluding hydrogens is 432 g/mol. The van der Waals surface area contributed by atoms with Crippen molar-refractivity contribution in [3.63, 3.8) is 0 Å². The van der Waals surface area contributed by atoms with Crippen LogP contribution in [0.4, 0.5) is 13.2 Å². The SMILES string of the molecule is [O-][I+2]([O-])OS1(C(F)(F)F)C(C2CCCC2)=Cc2ccccc21. The molecule has 0 radical (unpaired) electrons. The Morgan fingerprint density at radius 2 is 1.77 bits per heavy atom. The van der Waals surface area contributed by atoms with Crippen LogP contribution in [0.3, 0.4) is 0 Å².